The zero-order valence-electron chi connectivity index (χ0n) is 11.8. The largest absolute Gasteiger partial charge is 0.405 e. The Morgan fingerprint density at radius 1 is 1.29 bits per heavy atom. The highest BCUT2D eigenvalue weighted by molar-refractivity contribution is 5.75. The van der Waals surface area contributed by atoms with E-state index < -0.39 is 16.9 Å². The summed E-state index contributed by atoms with van der Waals surface area (Å²) in [5, 5.41) is 0.302. The van der Waals surface area contributed by atoms with E-state index in [1.807, 2.05) is 0 Å². The molecule has 0 spiro atoms. The van der Waals surface area contributed by atoms with Crippen molar-refractivity contribution < 1.29 is 4.42 Å². The standard InChI is InChI=1S/C15H16N2O4/c1-2-17-14(19)12-10(7-6-9-4-3-5-9)8-11(18)21-13(12)16-15(17)20/h4,8H,2-3,5-7H2,1H3,(H,16,20). The summed E-state index contributed by atoms with van der Waals surface area (Å²) < 4.78 is 6.08. The Kier molecular flexibility index (Phi) is 3.37. The van der Waals surface area contributed by atoms with Crippen LogP contribution in [0.4, 0.5) is 0 Å². The lowest BCUT2D eigenvalue weighted by molar-refractivity contribution is 0.537. The van der Waals surface area contributed by atoms with Crippen molar-refractivity contribution in [2.24, 2.45) is 0 Å². The fourth-order valence-electron chi connectivity index (χ4n) is 2.61. The van der Waals surface area contributed by atoms with Gasteiger partial charge in [0.15, 0.2) is 0 Å². The Hall–Kier alpha value is -2.37. The number of hydrogen-bond donors (Lipinski definition) is 1. The van der Waals surface area contributed by atoms with Crippen molar-refractivity contribution in [3.05, 3.63) is 54.5 Å². The second-order valence-electron chi connectivity index (χ2n) is 5.18. The van der Waals surface area contributed by atoms with Gasteiger partial charge in [-0.25, -0.2) is 9.59 Å². The number of H-pyrrole nitrogens is 1. The summed E-state index contributed by atoms with van der Waals surface area (Å²) in [6.45, 7) is 1.99. The molecule has 0 saturated carbocycles. The molecule has 0 fully saturated rings. The van der Waals surface area contributed by atoms with Crippen LogP contribution in [-0.2, 0) is 13.0 Å². The van der Waals surface area contributed by atoms with Gasteiger partial charge in [0, 0.05) is 12.6 Å². The molecular weight excluding hydrogens is 272 g/mol. The molecule has 110 valence electrons. The van der Waals surface area contributed by atoms with Gasteiger partial charge in [-0.05, 0) is 38.2 Å². The Morgan fingerprint density at radius 2 is 2.05 bits per heavy atom. The van der Waals surface area contributed by atoms with Crippen LogP contribution in [0.3, 0.4) is 0 Å². The average Bonchev–Trinajstić information content (AvgIpc) is 2.36. The Bertz CT molecular complexity index is 899. The molecule has 2 aromatic heterocycles. The molecule has 0 amide bonds. The van der Waals surface area contributed by atoms with Crippen LogP contribution in [0.2, 0.25) is 0 Å². The van der Waals surface area contributed by atoms with Gasteiger partial charge in [-0.1, -0.05) is 11.6 Å². The summed E-state index contributed by atoms with van der Waals surface area (Å²) >= 11 is 0. The van der Waals surface area contributed by atoms with E-state index in [-0.39, 0.29) is 12.3 Å². The number of aryl methyl sites for hydroxylation is 1. The number of fused-ring (bicyclic) bond motifs is 1. The fraction of sp³-hybridized carbons (Fsp3) is 0.400. The van der Waals surface area contributed by atoms with E-state index in [1.54, 1.807) is 6.92 Å². The van der Waals surface area contributed by atoms with E-state index in [9.17, 15) is 14.4 Å². The normalized spacial score (nSPS) is 14.0. The van der Waals surface area contributed by atoms with Crippen molar-refractivity contribution in [2.75, 3.05) is 0 Å². The summed E-state index contributed by atoms with van der Waals surface area (Å²) in [6.07, 6.45) is 5.76. The number of aromatic amines is 1. The maximum absolute atomic E-state index is 12.4. The van der Waals surface area contributed by atoms with E-state index in [2.05, 4.69) is 11.1 Å². The summed E-state index contributed by atoms with van der Waals surface area (Å²) in [6, 6.07) is 1.35. The molecule has 1 N–H and O–H groups in total. The van der Waals surface area contributed by atoms with E-state index >= 15 is 0 Å². The number of nitrogens with zero attached hydrogens (tertiary/aromatic N) is 1. The number of aromatic nitrogens is 2. The minimum absolute atomic E-state index is 0.0280. The van der Waals surface area contributed by atoms with Gasteiger partial charge in [0.05, 0.1) is 0 Å². The molecule has 0 aliphatic heterocycles. The second kappa shape index (κ2) is 5.20. The molecule has 6 heteroatoms. The van der Waals surface area contributed by atoms with E-state index in [4.69, 9.17) is 4.42 Å². The maximum atomic E-state index is 12.4. The topological polar surface area (TPSA) is 85.1 Å². The van der Waals surface area contributed by atoms with Crippen LogP contribution in [0, 0.1) is 0 Å². The predicted molar refractivity (Wildman–Crippen MR) is 78.7 cm³/mol. The van der Waals surface area contributed by atoms with Gasteiger partial charge in [-0.15, -0.1) is 0 Å². The highest BCUT2D eigenvalue weighted by Gasteiger charge is 2.15. The maximum Gasteiger partial charge on any atom is 0.337 e. The molecule has 2 aromatic rings. The zero-order chi connectivity index (χ0) is 15.0. The number of rotatable bonds is 4. The Morgan fingerprint density at radius 3 is 2.67 bits per heavy atom. The highest BCUT2D eigenvalue weighted by atomic mass is 16.4. The van der Waals surface area contributed by atoms with E-state index in [0.29, 0.717) is 17.4 Å². The first-order valence-corrected chi connectivity index (χ1v) is 7.08. The number of hydrogen-bond acceptors (Lipinski definition) is 4. The van der Waals surface area contributed by atoms with Crippen LogP contribution in [-0.4, -0.2) is 9.55 Å². The summed E-state index contributed by atoms with van der Waals surface area (Å²) in [7, 11) is 0. The predicted octanol–water partition coefficient (Wildman–Crippen LogP) is 1.32. The van der Waals surface area contributed by atoms with E-state index in [1.165, 1.54) is 11.6 Å². The van der Waals surface area contributed by atoms with Crippen molar-refractivity contribution in [2.45, 2.75) is 39.2 Å². The molecule has 1 aliphatic carbocycles. The van der Waals surface area contributed by atoms with Crippen molar-refractivity contribution in [1.82, 2.24) is 9.55 Å². The lowest BCUT2D eigenvalue weighted by Crippen LogP contribution is -2.35. The first-order valence-electron chi connectivity index (χ1n) is 7.08. The molecule has 3 rings (SSSR count). The third-order valence-corrected chi connectivity index (χ3v) is 3.90. The Labute approximate surface area is 119 Å². The molecule has 0 bridgehead atoms. The lowest BCUT2D eigenvalue weighted by Gasteiger charge is -2.14. The van der Waals surface area contributed by atoms with Gasteiger partial charge < -0.3 is 4.42 Å². The zero-order valence-corrected chi connectivity index (χ0v) is 11.8. The molecule has 1 aliphatic rings. The average molecular weight is 288 g/mol. The van der Waals surface area contributed by atoms with Crippen LogP contribution in [0.25, 0.3) is 11.1 Å². The van der Waals surface area contributed by atoms with Crippen LogP contribution >= 0.6 is 0 Å². The molecule has 0 aromatic carbocycles. The van der Waals surface area contributed by atoms with E-state index in [0.717, 1.165) is 23.8 Å². The highest BCUT2D eigenvalue weighted by Crippen LogP contribution is 2.23. The molecule has 0 unspecified atom stereocenters. The smallest absolute Gasteiger partial charge is 0.337 e. The molecule has 0 radical (unpaired) electrons. The molecular formula is C15H16N2O4. The third-order valence-electron chi connectivity index (χ3n) is 3.90. The molecule has 0 saturated heterocycles. The molecule has 6 nitrogen and oxygen atoms in total. The SMILES string of the molecule is CCn1c(=O)[nH]c2oc(=O)cc(CCC3=CCC3)c2c1=O. The lowest BCUT2D eigenvalue weighted by atomic mass is 9.92. The summed E-state index contributed by atoms with van der Waals surface area (Å²) in [5.41, 5.74) is 0.438. The number of nitrogens with one attached hydrogen (secondary N) is 1. The summed E-state index contributed by atoms with van der Waals surface area (Å²) in [5.74, 6) is 0. The van der Waals surface area contributed by atoms with Gasteiger partial charge >= 0.3 is 11.3 Å². The minimum atomic E-state index is -0.558. The third kappa shape index (κ3) is 2.37. The molecule has 0 atom stereocenters. The van der Waals surface area contributed by atoms with Crippen LogP contribution in [0.5, 0.6) is 0 Å². The first-order chi connectivity index (χ1) is 10.1. The minimum Gasteiger partial charge on any atom is -0.405 e. The van der Waals surface area contributed by atoms with Crippen molar-refractivity contribution >= 4 is 11.1 Å². The van der Waals surface area contributed by atoms with Gasteiger partial charge in [0.2, 0.25) is 5.71 Å². The van der Waals surface area contributed by atoms with Gasteiger partial charge in [0.1, 0.15) is 5.39 Å². The monoisotopic (exact) mass is 288 g/mol. The number of allylic oxidation sites excluding steroid dienone is 2. The van der Waals surface area contributed by atoms with Gasteiger partial charge in [0.25, 0.3) is 5.56 Å². The molecule has 2 heterocycles. The molecule has 21 heavy (non-hydrogen) atoms. The van der Waals surface area contributed by atoms with Crippen LogP contribution < -0.4 is 16.9 Å². The second-order valence-corrected chi connectivity index (χ2v) is 5.18. The van der Waals surface area contributed by atoms with Crippen LogP contribution in [0.15, 0.2) is 36.5 Å². The van der Waals surface area contributed by atoms with Crippen molar-refractivity contribution in [1.29, 1.82) is 0 Å². The van der Waals surface area contributed by atoms with Crippen molar-refractivity contribution in [3.8, 4) is 0 Å². The van der Waals surface area contributed by atoms with Crippen LogP contribution in [0.1, 0.15) is 31.7 Å². The first kappa shape index (κ1) is 13.6. The fourth-order valence-corrected chi connectivity index (χ4v) is 2.61. The Balaban J connectivity index is 2.19. The summed E-state index contributed by atoms with van der Waals surface area (Å²) in [4.78, 5) is 38.2. The quantitative estimate of drug-likeness (QED) is 0.860. The van der Waals surface area contributed by atoms with Gasteiger partial charge in [-0.3, -0.25) is 14.3 Å². The van der Waals surface area contributed by atoms with Gasteiger partial charge in [-0.2, -0.15) is 0 Å². The van der Waals surface area contributed by atoms with Crippen molar-refractivity contribution in [3.63, 3.8) is 0 Å².